The van der Waals surface area contributed by atoms with E-state index in [1.54, 1.807) is 56.3 Å². The van der Waals surface area contributed by atoms with Crippen LogP contribution in [0.2, 0.25) is 0 Å². The van der Waals surface area contributed by atoms with Gasteiger partial charge in [0.2, 0.25) is 10.0 Å². The Balaban J connectivity index is 1.53. The van der Waals surface area contributed by atoms with Gasteiger partial charge in [0.1, 0.15) is 11.6 Å². The maximum Gasteiger partial charge on any atom is 0.255 e. The van der Waals surface area contributed by atoms with Crippen LogP contribution < -0.4 is 10.0 Å². The van der Waals surface area contributed by atoms with Gasteiger partial charge in [-0.2, -0.15) is 0 Å². The van der Waals surface area contributed by atoms with E-state index in [0.717, 1.165) is 0 Å². The molecule has 0 unspecified atom stereocenters. The Hall–Kier alpha value is -3.56. The molecule has 170 valence electrons. The highest BCUT2D eigenvalue weighted by Gasteiger charge is 2.17. The summed E-state index contributed by atoms with van der Waals surface area (Å²) in [5, 5.41) is 2.78. The number of amides is 1. The van der Waals surface area contributed by atoms with Gasteiger partial charge in [-0.1, -0.05) is 24.3 Å². The molecule has 1 aromatic heterocycles. The van der Waals surface area contributed by atoms with Gasteiger partial charge in [-0.05, 0) is 61.9 Å². The first-order chi connectivity index (χ1) is 15.7. The number of carbonyl (C=O) groups is 1. The van der Waals surface area contributed by atoms with Crippen LogP contribution >= 0.6 is 0 Å². The fraction of sp³-hybridized carbons (Fsp3) is 0.167. The molecule has 0 fully saturated rings. The zero-order chi connectivity index (χ0) is 23.6. The van der Waals surface area contributed by atoms with Crippen molar-refractivity contribution in [1.29, 1.82) is 0 Å². The third-order valence-electron chi connectivity index (χ3n) is 4.90. The van der Waals surface area contributed by atoms with Gasteiger partial charge < -0.3 is 10.3 Å². The number of fused-ring (bicyclic) bond motifs is 1. The highest BCUT2D eigenvalue weighted by atomic mass is 32.2. The predicted octanol–water partition coefficient (Wildman–Crippen LogP) is 4.23. The molecule has 0 aliphatic rings. The number of nitrogens with zero attached hydrogens (tertiary/aromatic N) is 1. The lowest BCUT2D eigenvalue weighted by Crippen LogP contribution is -2.30. The number of halogens is 1. The summed E-state index contributed by atoms with van der Waals surface area (Å²) in [5.41, 5.74) is 2.64. The summed E-state index contributed by atoms with van der Waals surface area (Å²) in [5.74, 6) is -0.130. The van der Waals surface area contributed by atoms with Crippen molar-refractivity contribution in [3.8, 4) is 0 Å². The van der Waals surface area contributed by atoms with Gasteiger partial charge in [-0.15, -0.1) is 0 Å². The zero-order valence-corrected chi connectivity index (χ0v) is 18.9. The first-order valence-electron chi connectivity index (χ1n) is 10.4. The molecule has 0 atom stereocenters. The number of benzene rings is 3. The van der Waals surface area contributed by atoms with Crippen molar-refractivity contribution < 1.29 is 17.6 Å². The van der Waals surface area contributed by atoms with Crippen molar-refractivity contribution in [1.82, 2.24) is 14.7 Å². The minimum absolute atomic E-state index is 0.0191. The second-order valence-corrected chi connectivity index (χ2v) is 9.66. The summed E-state index contributed by atoms with van der Waals surface area (Å²) >= 11 is 0. The van der Waals surface area contributed by atoms with E-state index in [-0.39, 0.29) is 22.3 Å². The summed E-state index contributed by atoms with van der Waals surface area (Å²) in [6.45, 7) is 3.45. The molecule has 0 bridgehead atoms. The van der Waals surface area contributed by atoms with Crippen molar-refractivity contribution in [2.24, 2.45) is 0 Å². The number of nitrogens with one attached hydrogen (secondary N) is 3. The van der Waals surface area contributed by atoms with E-state index in [4.69, 9.17) is 0 Å². The first-order valence-corrected chi connectivity index (χ1v) is 11.9. The minimum Gasteiger partial charge on any atom is -0.342 e. The monoisotopic (exact) mass is 466 g/mol. The largest absolute Gasteiger partial charge is 0.342 e. The Labute approximate surface area is 191 Å². The van der Waals surface area contributed by atoms with E-state index in [1.165, 1.54) is 24.3 Å². The number of sulfonamides is 1. The van der Waals surface area contributed by atoms with Crippen molar-refractivity contribution in [2.45, 2.75) is 31.2 Å². The average molecular weight is 467 g/mol. The molecule has 7 nitrogen and oxygen atoms in total. The smallest absolute Gasteiger partial charge is 0.255 e. The Bertz CT molecular complexity index is 1430. The highest BCUT2D eigenvalue weighted by Crippen LogP contribution is 2.21. The molecule has 0 radical (unpaired) electrons. The Kier molecular flexibility index (Phi) is 6.26. The second-order valence-electron chi connectivity index (χ2n) is 7.94. The summed E-state index contributed by atoms with van der Waals surface area (Å²) in [4.78, 5) is 20.4. The highest BCUT2D eigenvalue weighted by molar-refractivity contribution is 7.89. The van der Waals surface area contributed by atoms with Gasteiger partial charge in [0.05, 0.1) is 15.9 Å². The molecule has 4 aromatic rings. The number of rotatable bonds is 7. The predicted molar refractivity (Wildman–Crippen MR) is 125 cm³/mol. The van der Waals surface area contributed by atoms with E-state index in [2.05, 4.69) is 20.0 Å². The molecule has 0 aliphatic heterocycles. The zero-order valence-electron chi connectivity index (χ0n) is 18.1. The van der Waals surface area contributed by atoms with Gasteiger partial charge in [-0.3, -0.25) is 4.79 Å². The Morgan fingerprint density at radius 2 is 1.85 bits per heavy atom. The molecule has 3 aromatic carbocycles. The van der Waals surface area contributed by atoms with Crippen molar-refractivity contribution in [3.05, 3.63) is 89.5 Å². The number of carbonyl (C=O) groups excluding carboxylic acids is 1. The van der Waals surface area contributed by atoms with Gasteiger partial charge in [0, 0.05) is 23.7 Å². The first kappa shape index (κ1) is 22.6. The molecule has 33 heavy (non-hydrogen) atoms. The van der Waals surface area contributed by atoms with Crippen LogP contribution in [0.25, 0.3) is 11.0 Å². The van der Waals surface area contributed by atoms with Gasteiger partial charge >= 0.3 is 0 Å². The van der Waals surface area contributed by atoms with Crippen LogP contribution in [0.5, 0.6) is 0 Å². The third kappa shape index (κ3) is 5.27. The molecule has 1 heterocycles. The lowest BCUT2D eigenvalue weighted by Gasteiger charge is -2.11. The van der Waals surface area contributed by atoms with E-state index >= 15 is 0 Å². The molecule has 3 N–H and O–H groups in total. The van der Waals surface area contributed by atoms with Crippen LogP contribution in [0, 0.1) is 5.82 Å². The summed E-state index contributed by atoms with van der Waals surface area (Å²) in [6.07, 6.45) is 0.314. The standard InChI is InChI=1S/C24H23FN4O3S/c1-15(2)29-33(31,32)19-8-5-7-17(12-19)24(30)26-18-10-11-21-22(14-18)28-23(27-21)13-16-6-3-4-9-20(16)25/h3-12,14-15,29H,13H2,1-2H3,(H,26,30)(H,27,28). The fourth-order valence-electron chi connectivity index (χ4n) is 3.43. The maximum absolute atomic E-state index is 13.9. The van der Waals surface area contributed by atoms with Crippen LogP contribution in [0.3, 0.4) is 0 Å². The molecule has 0 saturated heterocycles. The van der Waals surface area contributed by atoms with E-state index in [0.29, 0.717) is 34.5 Å². The number of imidazole rings is 1. The number of anilines is 1. The van der Waals surface area contributed by atoms with Gasteiger partial charge in [0.15, 0.2) is 0 Å². The molecular formula is C24H23FN4O3S. The van der Waals surface area contributed by atoms with E-state index in [9.17, 15) is 17.6 Å². The quantitative estimate of drug-likeness (QED) is 0.379. The molecular weight excluding hydrogens is 443 g/mol. The number of hydrogen-bond donors (Lipinski definition) is 3. The van der Waals surface area contributed by atoms with E-state index < -0.39 is 15.9 Å². The summed E-state index contributed by atoms with van der Waals surface area (Å²) < 4.78 is 41.2. The van der Waals surface area contributed by atoms with Crippen molar-refractivity contribution in [3.63, 3.8) is 0 Å². The molecule has 4 rings (SSSR count). The molecule has 9 heteroatoms. The SMILES string of the molecule is CC(C)NS(=O)(=O)c1cccc(C(=O)Nc2ccc3nc(Cc4ccccc4F)[nH]c3c2)c1. The number of aromatic amines is 1. The average Bonchev–Trinajstić information content (AvgIpc) is 3.16. The lowest BCUT2D eigenvalue weighted by atomic mass is 10.1. The van der Waals surface area contributed by atoms with E-state index in [1.807, 2.05) is 0 Å². The fourth-order valence-corrected chi connectivity index (χ4v) is 4.73. The molecule has 0 spiro atoms. The Morgan fingerprint density at radius 1 is 1.06 bits per heavy atom. The lowest BCUT2D eigenvalue weighted by molar-refractivity contribution is 0.102. The molecule has 0 saturated carbocycles. The molecule has 1 amide bonds. The van der Waals surface area contributed by atoms with Crippen LogP contribution in [0.15, 0.2) is 71.6 Å². The van der Waals surface area contributed by atoms with Crippen molar-refractivity contribution in [2.75, 3.05) is 5.32 Å². The third-order valence-corrected chi connectivity index (χ3v) is 6.56. The minimum atomic E-state index is -3.71. The normalized spacial score (nSPS) is 11.8. The van der Waals surface area contributed by atoms with Gasteiger partial charge in [0.25, 0.3) is 5.91 Å². The Morgan fingerprint density at radius 3 is 2.61 bits per heavy atom. The maximum atomic E-state index is 13.9. The summed E-state index contributed by atoms with van der Waals surface area (Å²) in [7, 11) is -3.71. The van der Waals surface area contributed by atoms with Gasteiger partial charge in [-0.25, -0.2) is 22.5 Å². The van der Waals surface area contributed by atoms with Crippen LogP contribution in [0.1, 0.15) is 35.6 Å². The summed E-state index contributed by atoms with van der Waals surface area (Å²) in [6, 6.07) is 17.3. The number of aromatic nitrogens is 2. The molecule has 0 aliphatic carbocycles. The second kappa shape index (κ2) is 9.13. The van der Waals surface area contributed by atoms with Crippen LogP contribution in [-0.2, 0) is 16.4 Å². The number of hydrogen-bond acceptors (Lipinski definition) is 4. The van der Waals surface area contributed by atoms with Crippen LogP contribution in [0.4, 0.5) is 10.1 Å². The topological polar surface area (TPSA) is 104 Å². The number of H-pyrrole nitrogens is 1. The van der Waals surface area contributed by atoms with Crippen molar-refractivity contribution >= 4 is 32.7 Å². The van der Waals surface area contributed by atoms with Crippen LogP contribution in [-0.4, -0.2) is 30.3 Å².